The van der Waals surface area contributed by atoms with Crippen LogP contribution in [0.2, 0.25) is 0 Å². The van der Waals surface area contributed by atoms with Gasteiger partial charge in [0.2, 0.25) is 5.91 Å². The Bertz CT molecular complexity index is 344. The van der Waals surface area contributed by atoms with Crippen LogP contribution >= 0.6 is 0 Å². The van der Waals surface area contributed by atoms with Crippen LogP contribution in [0.25, 0.3) is 0 Å². The first kappa shape index (κ1) is 12.5. The highest BCUT2D eigenvalue weighted by Gasteiger charge is 2.04. The summed E-state index contributed by atoms with van der Waals surface area (Å²) in [5, 5.41) is 14.2. The van der Waals surface area contributed by atoms with Crippen LogP contribution in [0.4, 0.5) is 5.69 Å². The molecule has 88 valence electrons. The van der Waals surface area contributed by atoms with Gasteiger partial charge in [0.15, 0.2) is 0 Å². The van der Waals surface area contributed by atoms with E-state index in [9.17, 15) is 4.79 Å². The largest absolute Gasteiger partial charge is 0.395 e. The van der Waals surface area contributed by atoms with Gasteiger partial charge in [-0.3, -0.25) is 4.79 Å². The van der Waals surface area contributed by atoms with E-state index in [0.29, 0.717) is 6.54 Å². The third-order valence-electron chi connectivity index (χ3n) is 2.34. The lowest BCUT2D eigenvalue weighted by molar-refractivity contribution is -0.119. The van der Waals surface area contributed by atoms with Gasteiger partial charge in [0, 0.05) is 12.2 Å². The van der Waals surface area contributed by atoms with Crippen LogP contribution in [0.3, 0.4) is 0 Å². The van der Waals surface area contributed by atoms with Crippen molar-refractivity contribution >= 4 is 11.6 Å². The molecule has 0 saturated heterocycles. The molecule has 0 spiro atoms. The molecule has 0 bridgehead atoms. The summed E-state index contributed by atoms with van der Waals surface area (Å²) in [5.74, 6) is -0.114. The van der Waals surface area contributed by atoms with E-state index in [1.54, 1.807) is 0 Å². The molecule has 0 aliphatic heterocycles. The minimum atomic E-state index is -0.114. The maximum absolute atomic E-state index is 11.3. The predicted octanol–water partition coefficient (Wildman–Crippen LogP) is 0.824. The molecular formula is C12H18N2O2. The quantitative estimate of drug-likeness (QED) is 0.691. The topological polar surface area (TPSA) is 61.4 Å². The lowest BCUT2D eigenvalue weighted by Crippen LogP contribution is -2.32. The highest BCUT2D eigenvalue weighted by molar-refractivity contribution is 5.81. The molecule has 3 N–H and O–H groups in total. The number of carbonyl (C=O) groups excluding carboxylic acids is 1. The van der Waals surface area contributed by atoms with E-state index < -0.39 is 0 Å². The van der Waals surface area contributed by atoms with Crippen molar-refractivity contribution in [2.75, 3.05) is 25.0 Å². The van der Waals surface area contributed by atoms with Gasteiger partial charge < -0.3 is 15.7 Å². The van der Waals surface area contributed by atoms with Crippen LogP contribution in [0, 0.1) is 13.8 Å². The van der Waals surface area contributed by atoms with Crippen LogP contribution in [0.1, 0.15) is 11.1 Å². The minimum absolute atomic E-state index is 0.0326. The number of nitrogens with one attached hydrogen (secondary N) is 2. The Labute approximate surface area is 95.7 Å². The number of amides is 1. The van der Waals surface area contributed by atoms with Crippen molar-refractivity contribution in [3.63, 3.8) is 0 Å². The Balaban J connectivity index is 2.51. The zero-order valence-electron chi connectivity index (χ0n) is 9.71. The van der Waals surface area contributed by atoms with Crippen LogP contribution < -0.4 is 10.6 Å². The average molecular weight is 222 g/mol. The summed E-state index contributed by atoms with van der Waals surface area (Å²) >= 11 is 0. The molecule has 1 amide bonds. The maximum atomic E-state index is 11.3. The summed E-state index contributed by atoms with van der Waals surface area (Å²) < 4.78 is 0. The summed E-state index contributed by atoms with van der Waals surface area (Å²) in [7, 11) is 0. The molecule has 16 heavy (non-hydrogen) atoms. The summed E-state index contributed by atoms with van der Waals surface area (Å²) in [5.41, 5.74) is 3.24. The number of anilines is 1. The Morgan fingerprint density at radius 2 is 1.94 bits per heavy atom. The van der Waals surface area contributed by atoms with E-state index in [1.165, 1.54) is 0 Å². The van der Waals surface area contributed by atoms with Crippen molar-refractivity contribution in [3.05, 3.63) is 29.3 Å². The van der Waals surface area contributed by atoms with Gasteiger partial charge in [-0.25, -0.2) is 0 Å². The molecule has 4 nitrogen and oxygen atoms in total. The second-order valence-electron chi connectivity index (χ2n) is 3.69. The average Bonchev–Trinajstić information content (AvgIpc) is 2.25. The van der Waals surface area contributed by atoms with E-state index in [4.69, 9.17) is 5.11 Å². The lowest BCUT2D eigenvalue weighted by Gasteiger charge is -2.12. The number of aliphatic hydroxyl groups excluding tert-OH is 1. The number of carbonyl (C=O) groups is 1. The molecule has 0 aliphatic rings. The van der Waals surface area contributed by atoms with E-state index in [0.717, 1.165) is 16.8 Å². The third-order valence-corrected chi connectivity index (χ3v) is 2.34. The monoisotopic (exact) mass is 222 g/mol. The van der Waals surface area contributed by atoms with Gasteiger partial charge in [-0.15, -0.1) is 0 Å². The second kappa shape index (κ2) is 6.12. The summed E-state index contributed by atoms with van der Waals surface area (Å²) in [6, 6.07) is 5.99. The van der Waals surface area contributed by atoms with Gasteiger partial charge in [-0.1, -0.05) is 18.2 Å². The molecular weight excluding hydrogens is 204 g/mol. The van der Waals surface area contributed by atoms with Gasteiger partial charge in [0.05, 0.1) is 13.2 Å². The van der Waals surface area contributed by atoms with Crippen LogP contribution in [0.15, 0.2) is 18.2 Å². The molecule has 0 aliphatic carbocycles. The smallest absolute Gasteiger partial charge is 0.239 e. The van der Waals surface area contributed by atoms with E-state index in [2.05, 4.69) is 10.6 Å². The number of aliphatic hydroxyl groups is 1. The molecule has 0 saturated carbocycles. The van der Waals surface area contributed by atoms with Crippen LogP contribution in [-0.4, -0.2) is 30.7 Å². The van der Waals surface area contributed by atoms with Crippen LogP contribution in [-0.2, 0) is 4.79 Å². The molecule has 0 atom stereocenters. The highest BCUT2D eigenvalue weighted by Crippen LogP contribution is 2.18. The molecule has 0 radical (unpaired) electrons. The van der Waals surface area contributed by atoms with Crippen molar-refractivity contribution in [1.29, 1.82) is 0 Å². The van der Waals surface area contributed by atoms with E-state index in [-0.39, 0.29) is 19.1 Å². The maximum Gasteiger partial charge on any atom is 0.239 e. The Kier molecular flexibility index (Phi) is 4.79. The number of hydrogen-bond donors (Lipinski definition) is 3. The van der Waals surface area contributed by atoms with Crippen LogP contribution in [0.5, 0.6) is 0 Å². The summed E-state index contributed by atoms with van der Waals surface area (Å²) in [6.45, 7) is 4.50. The first-order valence-corrected chi connectivity index (χ1v) is 5.33. The number of aryl methyl sites for hydroxylation is 2. The summed E-state index contributed by atoms with van der Waals surface area (Å²) in [4.78, 5) is 11.3. The molecule has 1 aromatic carbocycles. The first-order valence-electron chi connectivity index (χ1n) is 5.33. The van der Waals surface area contributed by atoms with Gasteiger partial charge in [0.25, 0.3) is 0 Å². The minimum Gasteiger partial charge on any atom is -0.395 e. The van der Waals surface area contributed by atoms with Gasteiger partial charge in [0.1, 0.15) is 0 Å². The van der Waals surface area contributed by atoms with Crippen molar-refractivity contribution in [1.82, 2.24) is 5.32 Å². The zero-order valence-corrected chi connectivity index (χ0v) is 9.71. The molecule has 4 heteroatoms. The van der Waals surface area contributed by atoms with E-state index >= 15 is 0 Å². The molecule has 0 fully saturated rings. The fourth-order valence-corrected chi connectivity index (χ4v) is 1.52. The lowest BCUT2D eigenvalue weighted by atomic mass is 10.1. The van der Waals surface area contributed by atoms with Gasteiger partial charge in [-0.2, -0.15) is 0 Å². The molecule has 1 aromatic rings. The van der Waals surface area contributed by atoms with Crippen molar-refractivity contribution in [3.8, 4) is 0 Å². The number of para-hydroxylation sites is 1. The fraction of sp³-hybridized carbons (Fsp3) is 0.417. The normalized spacial score (nSPS) is 9.94. The number of rotatable bonds is 5. The molecule has 0 heterocycles. The van der Waals surface area contributed by atoms with E-state index in [1.807, 2.05) is 32.0 Å². The second-order valence-corrected chi connectivity index (χ2v) is 3.69. The number of benzene rings is 1. The Hall–Kier alpha value is -1.55. The Morgan fingerprint density at radius 3 is 2.50 bits per heavy atom. The highest BCUT2D eigenvalue weighted by atomic mass is 16.3. The fourth-order valence-electron chi connectivity index (χ4n) is 1.52. The standard InChI is InChI=1S/C12H18N2O2/c1-9-4-3-5-10(2)12(9)14-8-11(16)13-6-7-15/h3-5,14-15H,6-8H2,1-2H3,(H,13,16). The first-order chi connectivity index (χ1) is 7.65. The third kappa shape index (κ3) is 3.55. The van der Waals surface area contributed by atoms with Crippen molar-refractivity contribution < 1.29 is 9.90 Å². The molecule has 0 unspecified atom stereocenters. The summed E-state index contributed by atoms with van der Waals surface area (Å²) in [6.07, 6.45) is 0. The van der Waals surface area contributed by atoms with Gasteiger partial charge in [-0.05, 0) is 25.0 Å². The Morgan fingerprint density at radius 1 is 1.31 bits per heavy atom. The molecule has 1 rings (SSSR count). The van der Waals surface area contributed by atoms with Crippen molar-refractivity contribution in [2.45, 2.75) is 13.8 Å². The predicted molar refractivity (Wildman–Crippen MR) is 64.5 cm³/mol. The van der Waals surface area contributed by atoms with Gasteiger partial charge >= 0.3 is 0 Å². The zero-order chi connectivity index (χ0) is 12.0. The number of hydrogen-bond acceptors (Lipinski definition) is 3. The SMILES string of the molecule is Cc1cccc(C)c1NCC(=O)NCCO. The molecule has 0 aromatic heterocycles. The van der Waals surface area contributed by atoms with Crippen molar-refractivity contribution in [2.24, 2.45) is 0 Å².